The van der Waals surface area contributed by atoms with Crippen molar-refractivity contribution in [2.45, 2.75) is 44.2 Å². The van der Waals surface area contributed by atoms with Crippen LogP contribution in [0.4, 0.5) is 4.79 Å². The SMILES string of the molecule is CN1C(=O)N(CC(=O)NCc2ccccc2)C(=O)C12CCCCC2. The van der Waals surface area contributed by atoms with Gasteiger partial charge in [-0.25, -0.2) is 4.79 Å². The van der Waals surface area contributed by atoms with Crippen molar-refractivity contribution < 1.29 is 14.4 Å². The number of likely N-dealkylation sites (N-methyl/N-ethyl adjacent to an activating group) is 1. The summed E-state index contributed by atoms with van der Waals surface area (Å²) >= 11 is 0. The Hall–Kier alpha value is -2.37. The fourth-order valence-electron chi connectivity index (χ4n) is 3.67. The van der Waals surface area contributed by atoms with Crippen LogP contribution >= 0.6 is 0 Å². The molecule has 0 unspecified atom stereocenters. The Morgan fingerprint density at radius 3 is 2.46 bits per heavy atom. The second-order valence-electron chi connectivity index (χ2n) is 6.59. The average molecular weight is 329 g/mol. The first kappa shape index (κ1) is 16.5. The number of carbonyl (C=O) groups is 3. The predicted octanol–water partition coefficient (Wildman–Crippen LogP) is 1.90. The van der Waals surface area contributed by atoms with Crippen molar-refractivity contribution in [1.82, 2.24) is 15.1 Å². The molecule has 6 nitrogen and oxygen atoms in total. The molecule has 1 spiro atoms. The predicted molar refractivity (Wildman–Crippen MR) is 89.0 cm³/mol. The Kier molecular flexibility index (Phi) is 4.55. The Morgan fingerprint density at radius 1 is 1.12 bits per heavy atom. The highest BCUT2D eigenvalue weighted by Crippen LogP contribution is 2.39. The number of nitrogens with zero attached hydrogens (tertiary/aromatic N) is 2. The first-order valence-electron chi connectivity index (χ1n) is 8.45. The second-order valence-corrected chi connectivity index (χ2v) is 6.59. The minimum Gasteiger partial charge on any atom is -0.350 e. The molecule has 0 atom stereocenters. The maximum atomic E-state index is 12.8. The number of hydrogen-bond acceptors (Lipinski definition) is 3. The molecule has 128 valence electrons. The molecule has 1 N–H and O–H groups in total. The lowest BCUT2D eigenvalue weighted by molar-refractivity contribution is -0.137. The van der Waals surface area contributed by atoms with Crippen LogP contribution in [0.5, 0.6) is 0 Å². The van der Waals surface area contributed by atoms with E-state index >= 15 is 0 Å². The molecule has 0 aromatic heterocycles. The van der Waals surface area contributed by atoms with Crippen molar-refractivity contribution in [3.8, 4) is 0 Å². The zero-order valence-corrected chi connectivity index (χ0v) is 14.0. The molecule has 1 aliphatic carbocycles. The van der Waals surface area contributed by atoms with Gasteiger partial charge in [-0.15, -0.1) is 0 Å². The van der Waals surface area contributed by atoms with E-state index in [0.29, 0.717) is 19.4 Å². The minimum absolute atomic E-state index is 0.212. The Balaban J connectivity index is 1.63. The Bertz CT molecular complexity index is 638. The number of amides is 4. The van der Waals surface area contributed by atoms with Gasteiger partial charge < -0.3 is 10.2 Å². The molecular weight excluding hydrogens is 306 g/mol. The van der Waals surface area contributed by atoms with E-state index < -0.39 is 5.54 Å². The third kappa shape index (κ3) is 2.88. The molecule has 6 heteroatoms. The molecular formula is C18H23N3O3. The van der Waals surface area contributed by atoms with E-state index in [1.807, 2.05) is 30.3 Å². The molecule has 1 saturated carbocycles. The van der Waals surface area contributed by atoms with Crippen LogP contribution in [-0.2, 0) is 16.1 Å². The summed E-state index contributed by atoms with van der Waals surface area (Å²) in [5, 5.41) is 2.77. The van der Waals surface area contributed by atoms with E-state index in [0.717, 1.165) is 29.7 Å². The maximum Gasteiger partial charge on any atom is 0.327 e. The van der Waals surface area contributed by atoms with Gasteiger partial charge in [0.2, 0.25) is 5.91 Å². The molecule has 1 aromatic carbocycles. The summed E-state index contributed by atoms with van der Waals surface area (Å²) in [6, 6.07) is 9.17. The number of rotatable bonds is 4. The normalized spacial score (nSPS) is 19.9. The number of imide groups is 1. The molecule has 3 rings (SSSR count). The summed E-state index contributed by atoms with van der Waals surface area (Å²) < 4.78 is 0. The fourth-order valence-corrected chi connectivity index (χ4v) is 3.67. The number of hydrogen-bond donors (Lipinski definition) is 1. The van der Waals surface area contributed by atoms with E-state index in [2.05, 4.69) is 5.32 Å². The van der Waals surface area contributed by atoms with Crippen LogP contribution in [0.15, 0.2) is 30.3 Å². The van der Waals surface area contributed by atoms with Crippen molar-refractivity contribution in [2.24, 2.45) is 0 Å². The lowest BCUT2D eigenvalue weighted by Gasteiger charge is -2.35. The van der Waals surface area contributed by atoms with Crippen molar-refractivity contribution in [3.05, 3.63) is 35.9 Å². The quantitative estimate of drug-likeness (QED) is 0.858. The summed E-state index contributed by atoms with van der Waals surface area (Å²) in [5.74, 6) is -0.536. The Morgan fingerprint density at radius 2 is 1.79 bits per heavy atom. The lowest BCUT2D eigenvalue weighted by atomic mass is 9.81. The average Bonchev–Trinajstić information content (AvgIpc) is 2.78. The first-order valence-corrected chi connectivity index (χ1v) is 8.45. The van der Waals surface area contributed by atoms with Gasteiger partial charge in [0.15, 0.2) is 0 Å². The summed E-state index contributed by atoms with van der Waals surface area (Å²) in [6.45, 7) is 0.174. The molecule has 4 amide bonds. The fraction of sp³-hybridized carbons (Fsp3) is 0.500. The van der Waals surface area contributed by atoms with E-state index in [1.54, 1.807) is 11.9 Å². The van der Waals surface area contributed by atoms with Gasteiger partial charge in [-0.3, -0.25) is 14.5 Å². The molecule has 1 saturated heterocycles. The van der Waals surface area contributed by atoms with Gasteiger partial charge in [0, 0.05) is 13.6 Å². The van der Waals surface area contributed by atoms with Gasteiger partial charge in [0.1, 0.15) is 12.1 Å². The third-order valence-corrected chi connectivity index (χ3v) is 5.12. The molecule has 2 fully saturated rings. The first-order chi connectivity index (χ1) is 11.5. The zero-order chi connectivity index (χ0) is 17.2. The zero-order valence-electron chi connectivity index (χ0n) is 14.0. The summed E-state index contributed by atoms with van der Waals surface area (Å²) in [7, 11) is 1.67. The molecule has 1 heterocycles. The van der Waals surface area contributed by atoms with Crippen LogP contribution in [0, 0.1) is 0 Å². The summed E-state index contributed by atoms with van der Waals surface area (Å²) in [4.78, 5) is 40.1. The van der Waals surface area contributed by atoms with Gasteiger partial charge in [0.05, 0.1) is 0 Å². The maximum absolute atomic E-state index is 12.8. The Labute approximate surface area is 141 Å². The van der Waals surface area contributed by atoms with Gasteiger partial charge >= 0.3 is 6.03 Å². The monoisotopic (exact) mass is 329 g/mol. The van der Waals surface area contributed by atoms with E-state index in [9.17, 15) is 14.4 Å². The standard InChI is InChI=1S/C18H23N3O3/c1-20-17(24)21(16(23)18(20)10-6-3-7-11-18)13-15(22)19-12-14-8-4-2-5-9-14/h2,4-5,8-9H,3,6-7,10-13H2,1H3,(H,19,22). The number of nitrogens with one attached hydrogen (secondary N) is 1. The molecule has 2 aliphatic rings. The molecule has 24 heavy (non-hydrogen) atoms. The van der Waals surface area contributed by atoms with Gasteiger partial charge in [-0.2, -0.15) is 0 Å². The van der Waals surface area contributed by atoms with E-state index in [-0.39, 0.29) is 24.4 Å². The largest absolute Gasteiger partial charge is 0.350 e. The van der Waals surface area contributed by atoms with Crippen molar-refractivity contribution >= 4 is 17.8 Å². The number of benzene rings is 1. The summed E-state index contributed by atoms with van der Waals surface area (Å²) in [6.07, 6.45) is 4.36. The molecule has 0 bridgehead atoms. The highest BCUT2D eigenvalue weighted by atomic mass is 16.2. The molecule has 1 aromatic rings. The van der Waals surface area contributed by atoms with Crippen molar-refractivity contribution in [2.75, 3.05) is 13.6 Å². The van der Waals surface area contributed by atoms with Crippen LogP contribution in [0.3, 0.4) is 0 Å². The highest BCUT2D eigenvalue weighted by molar-refractivity contribution is 6.08. The summed E-state index contributed by atoms with van der Waals surface area (Å²) in [5.41, 5.74) is 0.250. The van der Waals surface area contributed by atoms with Crippen LogP contribution in [0.2, 0.25) is 0 Å². The molecule has 1 aliphatic heterocycles. The van der Waals surface area contributed by atoms with Crippen LogP contribution < -0.4 is 5.32 Å². The van der Waals surface area contributed by atoms with Crippen LogP contribution in [0.25, 0.3) is 0 Å². The number of urea groups is 1. The second kappa shape index (κ2) is 6.63. The molecule has 0 radical (unpaired) electrons. The number of carbonyl (C=O) groups excluding carboxylic acids is 3. The van der Waals surface area contributed by atoms with Crippen LogP contribution in [0.1, 0.15) is 37.7 Å². The van der Waals surface area contributed by atoms with Crippen LogP contribution in [-0.4, -0.2) is 46.8 Å². The van der Waals surface area contributed by atoms with Gasteiger partial charge in [-0.1, -0.05) is 49.6 Å². The van der Waals surface area contributed by atoms with Gasteiger partial charge in [0.25, 0.3) is 5.91 Å². The topological polar surface area (TPSA) is 69.7 Å². The third-order valence-electron chi connectivity index (χ3n) is 5.12. The van der Waals surface area contributed by atoms with Gasteiger partial charge in [-0.05, 0) is 18.4 Å². The smallest absolute Gasteiger partial charge is 0.327 e. The van der Waals surface area contributed by atoms with E-state index in [4.69, 9.17) is 0 Å². The van der Waals surface area contributed by atoms with Crippen molar-refractivity contribution in [1.29, 1.82) is 0 Å². The van der Waals surface area contributed by atoms with Crippen molar-refractivity contribution in [3.63, 3.8) is 0 Å². The minimum atomic E-state index is -0.727. The van der Waals surface area contributed by atoms with E-state index in [1.165, 1.54) is 0 Å². The highest BCUT2D eigenvalue weighted by Gasteiger charge is 2.55. The lowest BCUT2D eigenvalue weighted by Crippen LogP contribution is -2.49.